The van der Waals surface area contributed by atoms with E-state index in [2.05, 4.69) is 11.9 Å². The van der Waals surface area contributed by atoms with E-state index in [1.165, 1.54) is 6.26 Å². The molecule has 1 aromatic heterocycles. The van der Waals surface area contributed by atoms with Crippen molar-refractivity contribution >= 4 is 22.7 Å². The van der Waals surface area contributed by atoms with Crippen molar-refractivity contribution in [3.05, 3.63) is 69.9 Å². The number of carbonyl (C=O) groups excluding carboxylic acids is 2. The van der Waals surface area contributed by atoms with E-state index >= 15 is 0 Å². The van der Waals surface area contributed by atoms with Crippen LogP contribution in [0.1, 0.15) is 51.0 Å². The standard InChI is InChI=1S/C27H29NO6/c1-15-22(26(31)34-13-16-7-6-10-32-16)23(24-19(28-15)11-27(2,3)12-20(24)29)18-14-33-21-9-5-4-8-17(21)25(18)30/h4-5,8-9,14,16,22-23,28H,1,6-7,10-13H2,2-3H3. The summed E-state index contributed by atoms with van der Waals surface area (Å²) >= 11 is 0. The van der Waals surface area contributed by atoms with Crippen LogP contribution in [0.4, 0.5) is 0 Å². The number of rotatable bonds is 4. The van der Waals surface area contributed by atoms with Gasteiger partial charge in [0.15, 0.2) is 11.2 Å². The van der Waals surface area contributed by atoms with Crippen molar-refractivity contribution in [3.8, 4) is 0 Å². The van der Waals surface area contributed by atoms with Crippen LogP contribution < -0.4 is 10.7 Å². The van der Waals surface area contributed by atoms with Crippen molar-refractivity contribution in [2.24, 2.45) is 11.3 Å². The molecule has 1 aliphatic carbocycles. The molecular weight excluding hydrogens is 434 g/mol. The number of hydrogen-bond donors (Lipinski definition) is 1. The lowest BCUT2D eigenvalue weighted by Gasteiger charge is -2.41. The minimum atomic E-state index is -0.936. The predicted octanol–water partition coefficient (Wildman–Crippen LogP) is 3.98. The maximum atomic E-state index is 13.6. The van der Waals surface area contributed by atoms with E-state index in [9.17, 15) is 14.4 Å². The molecule has 3 aliphatic rings. The molecule has 178 valence electrons. The van der Waals surface area contributed by atoms with Gasteiger partial charge in [0.05, 0.1) is 17.8 Å². The Morgan fingerprint density at radius 2 is 2.03 bits per heavy atom. The normalized spacial score (nSPS) is 26.4. The van der Waals surface area contributed by atoms with Gasteiger partial charge in [0.1, 0.15) is 18.1 Å². The zero-order chi connectivity index (χ0) is 24.0. The minimum absolute atomic E-state index is 0.0827. The summed E-state index contributed by atoms with van der Waals surface area (Å²) in [4.78, 5) is 40.4. The lowest BCUT2D eigenvalue weighted by Crippen LogP contribution is -2.45. The number of ketones is 1. The molecule has 0 spiro atoms. The average Bonchev–Trinajstić information content (AvgIpc) is 3.30. The number of benzene rings is 1. The number of allylic oxidation sites excluding steroid dienone is 2. The highest BCUT2D eigenvalue weighted by atomic mass is 16.6. The third-order valence-electron chi connectivity index (χ3n) is 6.98. The maximum absolute atomic E-state index is 13.6. The van der Waals surface area contributed by atoms with Gasteiger partial charge in [-0.25, -0.2) is 0 Å². The summed E-state index contributed by atoms with van der Waals surface area (Å²) in [5.41, 5.74) is 1.80. The monoisotopic (exact) mass is 463 g/mol. The molecule has 0 amide bonds. The highest BCUT2D eigenvalue weighted by molar-refractivity contribution is 6.01. The van der Waals surface area contributed by atoms with Gasteiger partial charge in [-0.1, -0.05) is 32.6 Å². The second-order valence-electron chi connectivity index (χ2n) is 10.2. The number of fused-ring (bicyclic) bond motifs is 1. The van der Waals surface area contributed by atoms with Gasteiger partial charge >= 0.3 is 5.97 Å². The predicted molar refractivity (Wildman–Crippen MR) is 126 cm³/mol. The number of para-hydroxylation sites is 1. The molecule has 5 rings (SSSR count). The number of nitrogens with one attached hydrogen (secondary N) is 1. The Labute approximate surface area is 197 Å². The molecule has 0 bridgehead atoms. The smallest absolute Gasteiger partial charge is 0.315 e. The van der Waals surface area contributed by atoms with Gasteiger partial charge in [0, 0.05) is 41.5 Å². The van der Waals surface area contributed by atoms with Crippen LogP contribution in [0, 0.1) is 11.3 Å². The molecule has 34 heavy (non-hydrogen) atoms. The highest BCUT2D eigenvalue weighted by Crippen LogP contribution is 2.47. The summed E-state index contributed by atoms with van der Waals surface area (Å²) < 4.78 is 17.0. The van der Waals surface area contributed by atoms with E-state index in [1.807, 2.05) is 13.8 Å². The maximum Gasteiger partial charge on any atom is 0.315 e. The molecule has 0 saturated carbocycles. The summed E-state index contributed by atoms with van der Waals surface area (Å²) in [5, 5.41) is 3.62. The zero-order valence-corrected chi connectivity index (χ0v) is 19.5. The first-order valence-corrected chi connectivity index (χ1v) is 11.8. The zero-order valence-electron chi connectivity index (χ0n) is 19.5. The van der Waals surface area contributed by atoms with Gasteiger partial charge in [-0.3, -0.25) is 14.4 Å². The molecule has 1 aromatic carbocycles. The average molecular weight is 464 g/mol. The van der Waals surface area contributed by atoms with Crippen LogP contribution in [0.25, 0.3) is 11.0 Å². The SMILES string of the molecule is C=C1NC2=C(C(=O)CC(C)(C)C2)C(c2coc3ccccc3c2=O)C1C(=O)OCC1CCCO1. The highest BCUT2D eigenvalue weighted by Gasteiger charge is 2.48. The summed E-state index contributed by atoms with van der Waals surface area (Å²) in [6, 6.07) is 6.95. The lowest BCUT2D eigenvalue weighted by atomic mass is 9.66. The fourth-order valence-corrected chi connectivity index (χ4v) is 5.41. The van der Waals surface area contributed by atoms with Crippen molar-refractivity contribution < 1.29 is 23.5 Å². The Hall–Kier alpha value is -3.19. The Bertz CT molecular complexity index is 1260. The van der Waals surface area contributed by atoms with Crippen LogP contribution in [0.3, 0.4) is 0 Å². The van der Waals surface area contributed by atoms with Gasteiger partial charge in [-0.15, -0.1) is 0 Å². The number of Topliss-reactive ketones (excluding diaryl/α,β-unsaturated/α-hetero) is 1. The third-order valence-corrected chi connectivity index (χ3v) is 6.98. The van der Waals surface area contributed by atoms with E-state index in [0.717, 1.165) is 12.8 Å². The van der Waals surface area contributed by atoms with E-state index in [4.69, 9.17) is 13.9 Å². The molecule has 3 atom stereocenters. The van der Waals surface area contributed by atoms with E-state index in [0.29, 0.717) is 47.4 Å². The lowest BCUT2D eigenvalue weighted by molar-refractivity contribution is -0.151. The van der Waals surface area contributed by atoms with Gasteiger partial charge in [-0.05, 0) is 36.8 Å². The number of carbonyl (C=O) groups is 2. The first-order valence-electron chi connectivity index (χ1n) is 11.8. The van der Waals surface area contributed by atoms with E-state index in [-0.39, 0.29) is 34.9 Å². The summed E-state index contributed by atoms with van der Waals surface area (Å²) in [7, 11) is 0. The van der Waals surface area contributed by atoms with Crippen LogP contribution in [-0.2, 0) is 19.1 Å². The number of esters is 1. The van der Waals surface area contributed by atoms with E-state index < -0.39 is 17.8 Å². The third kappa shape index (κ3) is 3.98. The fraction of sp³-hybridized carbons (Fsp3) is 0.444. The van der Waals surface area contributed by atoms with Crippen molar-refractivity contribution in [2.75, 3.05) is 13.2 Å². The van der Waals surface area contributed by atoms with Gasteiger partial charge < -0.3 is 19.2 Å². The molecule has 3 unspecified atom stereocenters. The molecule has 0 radical (unpaired) electrons. The Kier molecular flexibility index (Phi) is 5.68. The molecule has 1 saturated heterocycles. The summed E-state index contributed by atoms with van der Waals surface area (Å²) in [6.45, 7) is 8.95. The first kappa shape index (κ1) is 22.6. The number of hydrogen-bond acceptors (Lipinski definition) is 7. The van der Waals surface area contributed by atoms with Gasteiger partial charge in [-0.2, -0.15) is 0 Å². The molecule has 2 aromatic rings. The first-order chi connectivity index (χ1) is 16.2. The Balaban J connectivity index is 1.61. The minimum Gasteiger partial charge on any atom is -0.464 e. The largest absolute Gasteiger partial charge is 0.464 e. The van der Waals surface area contributed by atoms with Gasteiger partial charge in [0.2, 0.25) is 0 Å². The van der Waals surface area contributed by atoms with Crippen LogP contribution >= 0.6 is 0 Å². The Morgan fingerprint density at radius 3 is 2.79 bits per heavy atom. The van der Waals surface area contributed by atoms with Gasteiger partial charge in [0.25, 0.3) is 0 Å². The molecule has 3 heterocycles. The Morgan fingerprint density at radius 1 is 1.24 bits per heavy atom. The quantitative estimate of drug-likeness (QED) is 0.686. The topological polar surface area (TPSA) is 94.8 Å². The van der Waals surface area contributed by atoms with Crippen LogP contribution in [0.2, 0.25) is 0 Å². The van der Waals surface area contributed by atoms with Crippen LogP contribution in [0.15, 0.2) is 63.3 Å². The van der Waals surface area contributed by atoms with E-state index in [1.54, 1.807) is 24.3 Å². The summed E-state index contributed by atoms with van der Waals surface area (Å²) in [6.07, 6.45) is 3.95. The second kappa shape index (κ2) is 8.55. The van der Waals surface area contributed by atoms with Crippen LogP contribution in [0.5, 0.6) is 0 Å². The van der Waals surface area contributed by atoms with Crippen LogP contribution in [-0.4, -0.2) is 31.1 Å². The molecule has 1 fully saturated rings. The molecule has 2 aliphatic heterocycles. The second-order valence-corrected chi connectivity index (χ2v) is 10.2. The fourth-order valence-electron chi connectivity index (χ4n) is 5.41. The van der Waals surface area contributed by atoms with Crippen molar-refractivity contribution in [2.45, 2.75) is 51.6 Å². The van der Waals surface area contributed by atoms with Crippen molar-refractivity contribution in [1.82, 2.24) is 5.32 Å². The molecular formula is C27H29NO6. The summed E-state index contributed by atoms with van der Waals surface area (Å²) in [5.74, 6) is -2.38. The molecule has 7 heteroatoms. The van der Waals surface area contributed by atoms with Crippen molar-refractivity contribution in [3.63, 3.8) is 0 Å². The molecule has 7 nitrogen and oxygen atoms in total. The number of ether oxygens (including phenoxy) is 2. The van der Waals surface area contributed by atoms with Crippen molar-refractivity contribution in [1.29, 1.82) is 0 Å². The molecule has 1 N–H and O–H groups in total.